The number of aromatic nitrogens is 1. The molecule has 1 heterocycles. The van der Waals surface area contributed by atoms with Crippen LogP contribution in [0.4, 0.5) is 0 Å². The standard InChI is InChI=1S/C15H19NO2/c1-5-18-11-6-7-13-12(8-11)15(17)14(9(2)3)10(4)16-13/h6-9H,5H2,1-4H3,(H,16,17). The van der Waals surface area contributed by atoms with Crippen molar-refractivity contribution >= 4 is 10.9 Å². The third-order valence-corrected chi connectivity index (χ3v) is 3.09. The third-order valence-electron chi connectivity index (χ3n) is 3.09. The Morgan fingerprint density at radius 2 is 2.06 bits per heavy atom. The quantitative estimate of drug-likeness (QED) is 0.901. The Hall–Kier alpha value is -1.77. The van der Waals surface area contributed by atoms with Gasteiger partial charge in [-0.2, -0.15) is 0 Å². The molecule has 0 unspecified atom stereocenters. The van der Waals surface area contributed by atoms with Crippen molar-refractivity contribution in [3.8, 4) is 5.75 Å². The lowest BCUT2D eigenvalue weighted by molar-refractivity contribution is 0.340. The summed E-state index contributed by atoms with van der Waals surface area (Å²) in [6, 6.07) is 5.61. The molecule has 3 heteroatoms. The van der Waals surface area contributed by atoms with Gasteiger partial charge >= 0.3 is 0 Å². The number of benzene rings is 1. The van der Waals surface area contributed by atoms with Crippen LogP contribution in [0.5, 0.6) is 5.75 Å². The summed E-state index contributed by atoms with van der Waals surface area (Å²) in [6.07, 6.45) is 0. The van der Waals surface area contributed by atoms with Crippen LogP contribution in [0.3, 0.4) is 0 Å². The van der Waals surface area contributed by atoms with E-state index in [1.54, 1.807) is 0 Å². The molecule has 1 N–H and O–H groups in total. The minimum absolute atomic E-state index is 0.109. The highest BCUT2D eigenvalue weighted by atomic mass is 16.5. The normalized spacial score (nSPS) is 11.2. The fourth-order valence-electron chi connectivity index (χ4n) is 2.36. The molecule has 1 aromatic heterocycles. The number of H-pyrrole nitrogens is 1. The zero-order valence-corrected chi connectivity index (χ0v) is 11.3. The number of fused-ring (bicyclic) bond motifs is 1. The highest BCUT2D eigenvalue weighted by molar-refractivity contribution is 5.81. The van der Waals surface area contributed by atoms with E-state index in [0.717, 1.165) is 22.5 Å². The maximum Gasteiger partial charge on any atom is 0.193 e. The molecule has 0 aliphatic rings. The van der Waals surface area contributed by atoms with Gasteiger partial charge in [0.05, 0.1) is 6.61 Å². The lowest BCUT2D eigenvalue weighted by Crippen LogP contribution is -2.14. The first kappa shape index (κ1) is 12.7. The van der Waals surface area contributed by atoms with Gasteiger partial charge in [0.2, 0.25) is 0 Å². The number of pyridine rings is 1. The first-order chi connectivity index (χ1) is 8.54. The largest absolute Gasteiger partial charge is 0.494 e. The summed E-state index contributed by atoms with van der Waals surface area (Å²) < 4.78 is 5.45. The van der Waals surface area contributed by atoms with Gasteiger partial charge in [0.25, 0.3) is 0 Å². The summed E-state index contributed by atoms with van der Waals surface area (Å²) in [5.41, 5.74) is 2.78. The van der Waals surface area contributed by atoms with Crippen molar-refractivity contribution in [3.63, 3.8) is 0 Å². The van der Waals surface area contributed by atoms with Gasteiger partial charge in [-0.1, -0.05) is 13.8 Å². The molecule has 0 bridgehead atoms. The van der Waals surface area contributed by atoms with E-state index >= 15 is 0 Å². The van der Waals surface area contributed by atoms with Gasteiger partial charge in [0.1, 0.15) is 5.75 Å². The number of hydrogen-bond donors (Lipinski definition) is 1. The molecule has 18 heavy (non-hydrogen) atoms. The third kappa shape index (κ3) is 2.13. The summed E-state index contributed by atoms with van der Waals surface area (Å²) in [4.78, 5) is 15.8. The average Bonchev–Trinajstić information content (AvgIpc) is 2.30. The number of nitrogens with one attached hydrogen (secondary N) is 1. The van der Waals surface area contributed by atoms with E-state index in [9.17, 15) is 4.79 Å². The van der Waals surface area contributed by atoms with Gasteiger partial charge in [-0.15, -0.1) is 0 Å². The van der Waals surface area contributed by atoms with Crippen molar-refractivity contribution < 1.29 is 4.74 Å². The molecular weight excluding hydrogens is 226 g/mol. The number of aromatic amines is 1. The summed E-state index contributed by atoms with van der Waals surface area (Å²) in [5, 5.41) is 0.704. The predicted molar refractivity (Wildman–Crippen MR) is 74.6 cm³/mol. The van der Waals surface area contributed by atoms with Crippen LogP contribution in [0, 0.1) is 6.92 Å². The van der Waals surface area contributed by atoms with Crippen molar-refractivity contribution in [3.05, 3.63) is 39.7 Å². The fraction of sp³-hybridized carbons (Fsp3) is 0.400. The summed E-state index contributed by atoms with van der Waals surface area (Å²) in [6.45, 7) is 8.56. The average molecular weight is 245 g/mol. The lowest BCUT2D eigenvalue weighted by Gasteiger charge is -2.11. The molecule has 0 saturated carbocycles. The van der Waals surface area contributed by atoms with Crippen LogP contribution in [0.1, 0.15) is 37.9 Å². The predicted octanol–water partition coefficient (Wildman–Crippen LogP) is 3.36. The van der Waals surface area contributed by atoms with Crippen molar-refractivity contribution in [1.82, 2.24) is 4.98 Å². The molecule has 2 aromatic rings. The van der Waals surface area contributed by atoms with E-state index in [1.807, 2.05) is 45.9 Å². The first-order valence-electron chi connectivity index (χ1n) is 6.34. The zero-order valence-electron chi connectivity index (χ0n) is 11.3. The Balaban J connectivity index is 2.73. The van der Waals surface area contributed by atoms with Crippen LogP contribution in [-0.2, 0) is 0 Å². The molecule has 96 valence electrons. The van der Waals surface area contributed by atoms with Crippen LogP contribution >= 0.6 is 0 Å². The second kappa shape index (κ2) is 4.84. The number of ether oxygens (including phenoxy) is 1. The Bertz CT molecular complexity index is 626. The topological polar surface area (TPSA) is 42.1 Å². The van der Waals surface area contributed by atoms with Gasteiger partial charge in [-0.25, -0.2) is 0 Å². The van der Waals surface area contributed by atoms with E-state index in [0.29, 0.717) is 12.0 Å². The molecule has 0 aliphatic heterocycles. The first-order valence-corrected chi connectivity index (χ1v) is 6.34. The molecule has 0 amide bonds. The van der Waals surface area contributed by atoms with Gasteiger partial charge in [-0.05, 0) is 38.0 Å². The SMILES string of the molecule is CCOc1ccc2[nH]c(C)c(C(C)C)c(=O)c2c1. The minimum atomic E-state index is 0.109. The van der Waals surface area contributed by atoms with Crippen molar-refractivity contribution in [1.29, 1.82) is 0 Å². The fourth-order valence-corrected chi connectivity index (χ4v) is 2.36. The summed E-state index contributed by atoms with van der Waals surface area (Å²) >= 11 is 0. The second-order valence-corrected chi connectivity index (χ2v) is 4.79. The van der Waals surface area contributed by atoms with E-state index < -0.39 is 0 Å². The zero-order chi connectivity index (χ0) is 13.3. The van der Waals surface area contributed by atoms with Crippen LogP contribution in [0.25, 0.3) is 10.9 Å². The van der Waals surface area contributed by atoms with Crippen molar-refractivity contribution in [2.45, 2.75) is 33.6 Å². The Morgan fingerprint density at radius 1 is 1.33 bits per heavy atom. The summed E-state index contributed by atoms with van der Waals surface area (Å²) in [7, 11) is 0. The smallest absolute Gasteiger partial charge is 0.193 e. The van der Waals surface area contributed by atoms with E-state index in [4.69, 9.17) is 4.74 Å². The lowest BCUT2D eigenvalue weighted by atomic mass is 9.99. The molecule has 3 nitrogen and oxygen atoms in total. The van der Waals surface area contributed by atoms with E-state index in [-0.39, 0.29) is 11.3 Å². The van der Waals surface area contributed by atoms with Gasteiger partial charge < -0.3 is 9.72 Å². The molecular formula is C15H19NO2. The molecule has 0 atom stereocenters. The monoisotopic (exact) mass is 245 g/mol. The van der Waals surface area contributed by atoms with E-state index in [2.05, 4.69) is 4.98 Å². The van der Waals surface area contributed by atoms with Crippen LogP contribution in [0.15, 0.2) is 23.0 Å². The molecule has 0 radical (unpaired) electrons. The molecule has 1 aromatic carbocycles. The maximum absolute atomic E-state index is 12.5. The van der Waals surface area contributed by atoms with Gasteiger partial charge in [-0.3, -0.25) is 4.79 Å². The Labute approximate surface area is 107 Å². The van der Waals surface area contributed by atoms with Crippen LogP contribution in [0.2, 0.25) is 0 Å². The second-order valence-electron chi connectivity index (χ2n) is 4.79. The van der Waals surface area contributed by atoms with Crippen molar-refractivity contribution in [2.24, 2.45) is 0 Å². The van der Waals surface area contributed by atoms with Gasteiger partial charge in [0, 0.05) is 22.2 Å². The number of aryl methyl sites for hydroxylation is 1. The summed E-state index contributed by atoms with van der Waals surface area (Å²) in [5.74, 6) is 0.961. The molecule has 0 aliphatic carbocycles. The molecule has 2 rings (SSSR count). The Morgan fingerprint density at radius 3 is 2.67 bits per heavy atom. The van der Waals surface area contributed by atoms with Gasteiger partial charge in [0.15, 0.2) is 5.43 Å². The van der Waals surface area contributed by atoms with E-state index in [1.165, 1.54) is 0 Å². The van der Waals surface area contributed by atoms with Crippen molar-refractivity contribution in [2.75, 3.05) is 6.61 Å². The Kier molecular flexibility index (Phi) is 3.41. The van der Waals surface area contributed by atoms with Crippen LogP contribution < -0.4 is 10.2 Å². The number of rotatable bonds is 3. The minimum Gasteiger partial charge on any atom is -0.494 e. The molecule has 0 saturated heterocycles. The highest BCUT2D eigenvalue weighted by Crippen LogP contribution is 2.21. The highest BCUT2D eigenvalue weighted by Gasteiger charge is 2.12. The maximum atomic E-state index is 12.5. The number of hydrogen-bond acceptors (Lipinski definition) is 2. The molecule has 0 fully saturated rings. The molecule has 0 spiro atoms. The van der Waals surface area contributed by atoms with Crippen LogP contribution in [-0.4, -0.2) is 11.6 Å².